The van der Waals surface area contributed by atoms with Crippen LogP contribution in [0.3, 0.4) is 0 Å². The topological polar surface area (TPSA) is 74.9 Å². The molecule has 4 N–H and O–H groups in total. The van der Waals surface area contributed by atoms with Gasteiger partial charge in [0.25, 0.3) is 0 Å². The van der Waals surface area contributed by atoms with E-state index in [1.54, 1.807) is 6.20 Å². The Morgan fingerprint density at radius 1 is 1.29 bits per heavy atom. The first kappa shape index (κ1) is 10.4. The van der Waals surface area contributed by atoms with Crippen LogP contribution in [0.1, 0.15) is 18.4 Å². The van der Waals surface area contributed by atoms with Gasteiger partial charge < -0.3 is 10.8 Å². The minimum Gasteiger partial charge on any atom is -0.390 e. The first-order valence-corrected chi connectivity index (χ1v) is 5.77. The van der Waals surface area contributed by atoms with Gasteiger partial charge in [0.1, 0.15) is 5.82 Å². The second-order valence-electron chi connectivity index (χ2n) is 4.80. The van der Waals surface area contributed by atoms with Crippen molar-refractivity contribution in [1.82, 2.24) is 10.2 Å². The normalized spacial score (nSPS) is 17.0. The van der Waals surface area contributed by atoms with Crippen molar-refractivity contribution in [1.29, 1.82) is 0 Å². The van der Waals surface area contributed by atoms with Gasteiger partial charge in [-0.1, -0.05) is 24.3 Å². The molecule has 0 amide bonds. The standard InChI is InChI=1S/C13H15N3O/c14-12-11(8-15-16-12)10-3-1-9(2-4-10)7-13(17)5-6-13/h1-4,8,17H,5-7H2,(H3,14,15,16). The van der Waals surface area contributed by atoms with E-state index in [9.17, 15) is 5.11 Å². The Kier molecular flexibility index (Phi) is 2.19. The fourth-order valence-electron chi connectivity index (χ4n) is 2.03. The number of aromatic amines is 1. The van der Waals surface area contributed by atoms with Crippen LogP contribution in [0.5, 0.6) is 0 Å². The summed E-state index contributed by atoms with van der Waals surface area (Å²) in [5.74, 6) is 0.582. The molecule has 1 heterocycles. The van der Waals surface area contributed by atoms with E-state index in [0.717, 1.165) is 36.0 Å². The molecule has 0 saturated heterocycles. The van der Waals surface area contributed by atoms with Gasteiger partial charge in [-0.05, 0) is 24.0 Å². The molecule has 1 saturated carbocycles. The summed E-state index contributed by atoms with van der Waals surface area (Å²) in [7, 11) is 0. The number of benzene rings is 1. The number of aliphatic hydroxyl groups is 1. The third-order valence-electron chi connectivity index (χ3n) is 3.29. The first-order valence-electron chi connectivity index (χ1n) is 5.77. The second-order valence-corrected chi connectivity index (χ2v) is 4.80. The number of nitrogen functional groups attached to an aromatic ring is 1. The molecule has 17 heavy (non-hydrogen) atoms. The van der Waals surface area contributed by atoms with Crippen molar-refractivity contribution < 1.29 is 5.11 Å². The Balaban J connectivity index is 1.83. The van der Waals surface area contributed by atoms with Crippen molar-refractivity contribution in [2.45, 2.75) is 24.9 Å². The van der Waals surface area contributed by atoms with Crippen LogP contribution in [0.25, 0.3) is 11.1 Å². The molecule has 0 unspecified atom stereocenters. The Morgan fingerprint density at radius 2 is 2.00 bits per heavy atom. The van der Waals surface area contributed by atoms with E-state index < -0.39 is 5.60 Å². The number of nitrogens with zero attached hydrogens (tertiary/aromatic N) is 1. The summed E-state index contributed by atoms with van der Waals surface area (Å²) in [5.41, 5.74) is 8.46. The molecule has 2 aromatic rings. The fraction of sp³-hybridized carbons (Fsp3) is 0.308. The predicted octanol–water partition coefficient (Wildman–Crippen LogP) is 1.73. The number of anilines is 1. The van der Waals surface area contributed by atoms with Gasteiger partial charge >= 0.3 is 0 Å². The highest BCUT2D eigenvalue weighted by Gasteiger charge is 2.39. The molecule has 0 radical (unpaired) electrons. The van der Waals surface area contributed by atoms with E-state index in [1.807, 2.05) is 24.3 Å². The van der Waals surface area contributed by atoms with Gasteiger partial charge in [0, 0.05) is 12.0 Å². The molecule has 0 aliphatic heterocycles. The third-order valence-corrected chi connectivity index (χ3v) is 3.29. The molecule has 0 atom stereocenters. The monoisotopic (exact) mass is 229 g/mol. The summed E-state index contributed by atoms with van der Waals surface area (Å²) >= 11 is 0. The van der Waals surface area contributed by atoms with E-state index in [0.29, 0.717) is 5.82 Å². The Labute approximate surface area is 99.5 Å². The van der Waals surface area contributed by atoms with Crippen molar-refractivity contribution >= 4 is 5.82 Å². The van der Waals surface area contributed by atoms with Crippen molar-refractivity contribution in [2.75, 3.05) is 5.73 Å². The summed E-state index contributed by atoms with van der Waals surface area (Å²) in [5, 5.41) is 16.5. The Morgan fingerprint density at radius 3 is 2.53 bits per heavy atom. The van der Waals surface area contributed by atoms with Gasteiger partial charge in [-0.25, -0.2) is 0 Å². The Hall–Kier alpha value is -1.81. The molecule has 1 aliphatic carbocycles. The van der Waals surface area contributed by atoms with E-state index in [-0.39, 0.29) is 0 Å². The van der Waals surface area contributed by atoms with Crippen LogP contribution in [0.15, 0.2) is 30.5 Å². The number of aromatic nitrogens is 2. The van der Waals surface area contributed by atoms with Gasteiger partial charge in [-0.3, -0.25) is 5.10 Å². The number of nitrogens with two attached hydrogens (primary N) is 1. The predicted molar refractivity (Wildman–Crippen MR) is 66.3 cm³/mol. The maximum Gasteiger partial charge on any atom is 0.126 e. The van der Waals surface area contributed by atoms with E-state index in [4.69, 9.17) is 5.73 Å². The molecular weight excluding hydrogens is 214 g/mol. The zero-order valence-electron chi connectivity index (χ0n) is 9.48. The van der Waals surface area contributed by atoms with Crippen molar-refractivity contribution in [3.8, 4) is 11.1 Å². The summed E-state index contributed by atoms with van der Waals surface area (Å²) < 4.78 is 0. The van der Waals surface area contributed by atoms with Gasteiger partial charge in [0.2, 0.25) is 0 Å². The lowest BCUT2D eigenvalue weighted by Gasteiger charge is -2.08. The van der Waals surface area contributed by atoms with E-state index in [1.165, 1.54) is 0 Å². The first-order chi connectivity index (χ1) is 8.16. The van der Waals surface area contributed by atoms with Crippen molar-refractivity contribution in [3.05, 3.63) is 36.0 Å². The highest BCUT2D eigenvalue weighted by molar-refractivity contribution is 5.73. The second kappa shape index (κ2) is 3.60. The average Bonchev–Trinajstić information content (AvgIpc) is 2.87. The highest BCUT2D eigenvalue weighted by atomic mass is 16.3. The summed E-state index contributed by atoms with van der Waals surface area (Å²) in [4.78, 5) is 0. The SMILES string of the molecule is Nc1[nH]ncc1-c1ccc(CC2(O)CC2)cc1. The van der Waals surface area contributed by atoms with E-state index >= 15 is 0 Å². The largest absolute Gasteiger partial charge is 0.390 e. The number of H-pyrrole nitrogens is 1. The fourth-order valence-corrected chi connectivity index (χ4v) is 2.03. The lowest BCUT2D eigenvalue weighted by Crippen LogP contribution is -2.10. The van der Waals surface area contributed by atoms with Crippen LogP contribution in [0.4, 0.5) is 5.82 Å². The van der Waals surface area contributed by atoms with Crippen LogP contribution < -0.4 is 5.73 Å². The van der Waals surface area contributed by atoms with Crippen LogP contribution >= 0.6 is 0 Å². The minimum absolute atomic E-state index is 0.434. The molecule has 1 aromatic carbocycles. The zero-order valence-corrected chi connectivity index (χ0v) is 9.48. The maximum absolute atomic E-state index is 9.84. The van der Waals surface area contributed by atoms with Gasteiger partial charge in [-0.2, -0.15) is 5.10 Å². The van der Waals surface area contributed by atoms with Crippen LogP contribution in [-0.4, -0.2) is 20.9 Å². The van der Waals surface area contributed by atoms with Crippen LogP contribution in [0.2, 0.25) is 0 Å². The van der Waals surface area contributed by atoms with Crippen LogP contribution in [0, 0.1) is 0 Å². The molecule has 1 fully saturated rings. The van der Waals surface area contributed by atoms with Crippen molar-refractivity contribution in [3.63, 3.8) is 0 Å². The molecule has 0 bridgehead atoms. The quantitative estimate of drug-likeness (QED) is 0.750. The molecule has 3 rings (SSSR count). The smallest absolute Gasteiger partial charge is 0.126 e. The molecule has 1 aliphatic rings. The lowest BCUT2D eigenvalue weighted by molar-refractivity contribution is 0.151. The van der Waals surface area contributed by atoms with E-state index in [2.05, 4.69) is 10.2 Å². The molecule has 4 nitrogen and oxygen atoms in total. The summed E-state index contributed by atoms with van der Waals surface area (Å²) in [6.45, 7) is 0. The highest BCUT2D eigenvalue weighted by Crippen LogP contribution is 2.38. The average molecular weight is 229 g/mol. The van der Waals surface area contributed by atoms with Crippen LogP contribution in [-0.2, 0) is 6.42 Å². The summed E-state index contributed by atoms with van der Waals surface area (Å²) in [6.07, 6.45) is 4.31. The molecule has 4 heteroatoms. The third kappa shape index (κ3) is 2.03. The van der Waals surface area contributed by atoms with Gasteiger partial charge in [0.05, 0.1) is 11.8 Å². The number of hydrogen-bond acceptors (Lipinski definition) is 3. The number of rotatable bonds is 3. The molecular formula is C13H15N3O. The molecule has 0 spiro atoms. The molecule has 88 valence electrons. The minimum atomic E-state index is -0.434. The zero-order chi connectivity index (χ0) is 11.9. The molecule has 1 aromatic heterocycles. The Bertz CT molecular complexity index is 526. The number of nitrogens with one attached hydrogen (secondary N) is 1. The maximum atomic E-state index is 9.84. The van der Waals surface area contributed by atoms with Gasteiger partial charge in [-0.15, -0.1) is 0 Å². The van der Waals surface area contributed by atoms with Crippen molar-refractivity contribution in [2.24, 2.45) is 0 Å². The lowest BCUT2D eigenvalue weighted by atomic mass is 10.0. The number of hydrogen-bond donors (Lipinski definition) is 3. The summed E-state index contributed by atoms with van der Waals surface area (Å²) in [6, 6.07) is 8.11. The van der Waals surface area contributed by atoms with Gasteiger partial charge in [0.15, 0.2) is 0 Å².